The van der Waals surface area contributed by atoms with Crippen LogP contribution in [0.5, 0.6) is 11.6 Å². The van der Waals surface area contributed by atoms with E-state index in [0.717, 1.165) is 18.7 Å². The van der Waals surface area contributed by atoms with Crippen molar-refractivity contribution >= 4 is 51.9 Å². The average Bonchev–Trinajstić information content (AvgIpc) is 3.04. The number of aromatic nitrogens is 2. The largest absolute Gasteiger partial charge is 0.481 e. The number of benzene rings is 1. The number of amides is 1. The number of hydrogen-bond acceptors (Lipinski definition) is 7. The number of halogens is 1. The van der Waals surface area contributed by atoms with Crippen molar-refractivity contribution in [2.45, 2.75) is 20.8 Å². The van der Waals surface area contributed by atoms with E-state index in [1.807, 2.05) is 13.8 Å². The van der Waals surface area contributed by atoms with Crippen molar-refractivity contribution in [3.63, 3.8) is 0 Å². The Labute approximate surface area is 210 Å². The molecule has 0 radical (unpaired) electrons. The predicted octanol–water partition coefficient (Wildman–Crippen LogP) is 4.57. The van der Waals surface area contributed by atoms with Gasteiger partial charge in [0, 0.05) is 19.7 Å². The number of rotatable bonds is 5. The number of carboxylic acids is 1. The third-order valence-corrected chi connectivity index (χ3v) is 5.84. The number of fused-ring (bicyclic) bond motifs is 1. The van der Waals surface area contributed by atoms with E-state index in [1.54, 1.807) is 24.4 Å². The fourth-order valence-electron chi connectivity index (χ4n) is 3.05. The van der Waals surface area contributed by atoms with Crippen LogP contribution < -0.4 is 10.3 Å². The fourth-order valence-corrected chi connectivity index (χ4v) is 4.31. The normalized spacial score (nSPS) is 14.4. The van der Waals surface area contributed by atoms with Gasteiger partial charge in [0.05, 0.1) is 4.91 Å². The minimum absolute atomic E-state index is 0.0249. The first-order valence-corrected chi connectivity index (χ1v) is 11.7. The van der Waals surface area contributed by atoms with Crippen LogP contribution in [0.1, 0.15) is 26.3 Å². The second kappa shape index (κ2) is 11.2. The van der Waals surface area contributed by atoms with Crippen LogP contribution in [0.15, 0.2) is 58.4 Å². The van der Waals surface area contributed by atoms with E-state index >= 15 is 0 Å². The van der Waals surface area contributed by atoms with Gasteiger partial charge in [0.25, 0.3) is 17.4 Å². The summed E-state index contributed by atoms with van der Waals surface area (Å²) in [5.41, 5.74) is 0.101. The molecule has 8 nitrogen and oxygen atoms in total. The summed E-state index contributed by atoms with van der Waals surface area (Å²) in [7, 11) is 0. The number of carboxylic acid groups (broad SMARTS) is 1. The molecule has 35 heavy (non-hydrogen) atoms. The fraction of sp³-hybridized carbons (Fsp3) is 0.208. The van der Waals surface area contributed by atoms with Crippen molar-refractivity contribution < 1.29 is 23.8 Å². The number of pyridine rings is 1. The number of nitrogens with zero attached hydrogens (tertiary/aromatic N) is 3. The predicted molar refractivity (Wildman–Crippen MR) is 136 cm³/mol. The molecule has 0 aliphatic carbocycles. The number of aliphatic carboxylic acids is 1. The molecule has 0 atom stereocenters. The van der Waals surface area contributed by atoms with Crippen LogP contribution in [0.25, 0.3) is 11.7 Å². The molecule has 1 N–H and O–H groups in total. The summed E-state index contributed by atoms with van der Waals surface area (Å²) in [5, 5.41) is 7.42. The number of ether oxygens (including phenoxy) is 1. The summed E-state index contributed by atoms with van der Waals surface area (Å²) >= 11 is 6.49. The number of carbonyl (C=O) groups excluding carboxylic acids is 1. The number of hydrogen-bond donors (Lipinski definition) is 1. The molecule has 1 aromatic carbocycles. The summed E-state index contributed by atoms with van der Waals surface area (Å²) in [6.07, 6.45) is 3.06. The number of thiocarbonyl (C=S) groups is 1. The van der Waals surface area contributed by atoms with Crippen molar-refractivity contribution in [1.29, 1.82) is 0 Å². The zero-order valence-corrected chi connectivity index (χ0v) is 20.7. The van der Waals surface area contributed by atoms with Crippen LogP contribution in [0.2, 0.25) is 0 Å². The van der Waals surface area contributed by atoms with Gasteiger partial charge >= 0.3 is 0 Å². The highest BCUT2D eigenvalue weighted by molar-refractivity contribution is 8.26. The lowest BCUT2D eigenvalue weighted by molar-refractivity contribution is -0.134. The van der Waals surface area contributed by atoms with E-state index in [-0.39, 0.29) is 23.3 Å². The molecule has 4 rings (SSSR count). The van der Waals surface area contributed by atoms with Gasteiger partial charge in [-0.15, -0.1) is 0 Å². The van der Waals surface area contributed by atoms with Crippen molar-refractivity contribution in [2.75, 3.05) is 6.54 Å². The Hall–Kier alpha value is -3.57. The highest BCUT2D eigenvalue weighted by Gasteiger charge is 2.33. The summed E-state index contributed by atoms with van der Waals surface area (Å²) < 4.78 is 20.9. The molecule has 0 unspecified atom stereocenters. The van der Waals surface area contributed by atoms with Gasteiger partial charge in [0.1, 0.15) is 27.1 Å². The zero-order chi connectivity index (χ0) is 25.7. The minimum atomic E-state index is -0.833. The van der Waals surface area contributed by atoms with Crippen molar-refractivity contribution in [1.82, 2.24) is 14.3 Å². The Balaban J connectivity index is 0.000000795. The lowest BCUT2D eigenvalue weighted by Crippen LogP contribution is -2.31. The average molecular weight is 516 g/mol. The summed E-state index contributed by atoms with van der Waals surface area (Å²) in [6, 6.07) is 10.5. The Morgan fingerprint density at radius 2 is 1.89 bits per heavy atom. The molecular formula is C24H22FN3O5S2. The second-order valence-electron chi connectivity index (χ2n) is 7.83. The van der Waals surface area contributed by atoms with Crippen LogP contribution in [0.4, 0.5) is 4.39 Å². The van der Waals surface area contributed by atoms with E-state index < -0.39 is 17.3 Å². The van der Waals surface area contributed by atoms with Gasteiger partial charge in [-0.3, -0.25) is 23.7 Å². The first-order valence-electron chi connectivity index (χ1n) is 10.5. The second-order valence-corrected chi connectivity index (χ2v) is 9.50. The van der Waals surface area contributed by atoms with Crippen molar-refractivity contribution in [2.24, 2.45) is 5.92 Å². The molecule has 0 bridgehead atoms. The molecule has 0 saturated carbocycles. The summed E-state index contributed by atoms with van der Waals surface area (Å²) in [5.74, 6) is -0.915. The van der Waals surface area contributed by atoms with Gasteiger partial charge < -0.3 is 9.84 Å². The molecule has 1 fully saturated rings. The quantitative estimate of drug-likeness (QED) is 0.389. The molecule has 1 aliphatic rings. The summed E-state index contributed by atoms with van der Waals surface area (Å²) in [4.78, 5) is 41.4. The van der Waals surface area contributed by atoms with E-state index in [2.05, 4.69) is 4.98 Å². The van der Waals surface area contributed by atoms with Crippen LogP contribution in [-0.4, -0.2) is 42.1 Å². The molecule has 0 spiro atoms. The maximum Gasteiger partial charge on any atom is 0.300 e. The van der Waals surface area contributed by atoms with E-state index in [4.69, 9.17) is 26.9 Å². The van der Waals surface area contributed by atoms with Crippen LogP contribution in [0, 0.1) is 11.7 Å². The van der Waals surface area contributed by atoms with E-state index in [1.165, 1.54) is 39.6 Å². The molecule has 1 aliphatic heterocycles. The van der Waals surface area contributed by atoms with Crippen molar-refractivity contribution in [3.8, 4) is 11.6 Å². The molecule has 2 aromatic heterocycles. The maximum atomic E-state index is 13.3. The molecule has 1 amide bonds. The highest BCUT2D eigenvalue weighted by atomic mass is 32.2. The Bertz CT molecular complexity index is 1370. The molecule has 3 heterocycles. The lowest BCUT2D eigenvalue weighted by Gasteiger charge is -2.16. The molecule has 1 saturated heterocycles. The standard InChI is InChI=1S/C22H18FN3O3S2.C2H4O2/c1-13(2)12-26-21(28)17(31-22(26)30)11-16-19(29-15-8-6-14(23)7-9-15)24-18-5-3-4-10-25(18)20(16)27;1-2(3)4/h3-11,13H,12H2,1-2H3;1H3,(H,3,4)/b17-11+;. The van der Waals surface area contributed by atoms with Gasteiger partial charge in [0.2, 0.25) is 5.88 Å². The molecule has 11 heteroatoms. The number of carbonyl (C=O) groups is 2. The van der Waals surface area contributed by atoms with Gasteiger partial charge in [-0.1, -0.05) is 43.9 Å². The Kier molecular flexibility index (Phi) is 8.36. The van der Waals surface area contributed by atoms with Crippen LogP contribution >= 0.6 is 24.0 Å². The Morgan fingerprint density at radius 3 is 2.51 bits per heavy atom. The topological polar surface area (TPSA) is 101 Å². The van der Waals surface area contributed by atoms with Gasteiger partial charge in [-0.25, -0.2) is 4.39 Å². The smallest absolute Gasteiger partial charge is 0.300 e. The number of thioether (sulfide) groups is 1. The van der Waals surface area contributed by atoms with E-state index in [0.29, 0.717) is 27.2 Å². The van der Waals surface area contributed by atoms with Gasteiger partial charge in [0.15, 0.2) is 0 Å². The Morgan fingerprint density at radius 1 is 1.23 bits per heavy atom. The van der Waals surface area contributed by atoms with Crippen LogP contribution in [-0.2, 0) is 9.59 Å². The highest BCUT2D eigenvalue weighted by Crippen LogP contribution is 2.34. The van der Waals surface area contributed by atoms with Crippen LogP contribution in [0.3, 0.4) is 0 Å². The van der Waals surface area contributed by atoms with Gasteiger partial charge in [-0.05, 0) is 48.4 Å². The lowest BCUT2D eigenvalue weighted by atomic mass is 10.2. The molecule has 182 valence electrons. The SMILES string of the molecule is CC(=O)O.CC(C)CN1C(=O)/C(=C\c2c(Oc3ccc(F)cc3)nc3ccccn3c2=O)SC1=S. The molecule has 3 aromatic rings. The minimum Gasteiger partial charge on any atom is -0.481 e. The van der Waals surface area contributed by atoms with Gasteiger partial charge in [-0.2, -0.15) is 4.98 Å². The first kappa shape index (κ1) is 26.0. The molecular weight excluding hydrogens is 493 g/mol. The van der Waals surface area contributed by atoms with E-state index in [9.17, 15) is 14.0 Å². The monoisotopic (exact) mass is 515 g/mol. The van der Waals surface area contributed by atoms with Crippen molar-refractivity contribution in [3.05, 3.63) is 75.3 Å². The third-order valence-electron chi connectivity index (χ3n) is 4.46. The first-order chi connectivity index (χ1) is 16.6. The maximum absolute atomic E-state index is 13.3. The third kappa shape index (κ3) is 6.52. The summed E-state index contributed by atoms with van der Waals surface area (Å²) in [6.45, 7) is 5.57. The zero-order valence-electron chi connectivity index (χ0n) is 19.1.